The van der Waals surface area contributed by atoms with Gasteiger partial charge in [0, 0.05) is 49.5 Å². The van der Waals surface area contributed by atoms with Crippen LogP contribution in [0.25, 0.3) is 10.9 Å². The van der Waals surface area contributed by atoms with Crippen molar-refractivity contribution < 1.29 is 14.0 Å². The molecule has 1 unspecified atom stereocenters. The second kappa shape index (κ2) is 12.4. The molecule has 0 saturated heterocycles. The van der Waals surface area contributed by atoms with Crippen molar-refractivity contribution >= 4 is 28.4 Å². The van der Waals surface area contributed by atoms with Gasteiger partial charge in [-0.1, -0.05) is 61.7 Å². The summed E-state index contributed by atoms with van der Waals surface area (Å²) in [6.07, 6.45) is 7.24. The molecule has 1 aliphatic carbocycles. The Morgan fingerprint density at radius 1 is 0.950 bits per heavy atom. The van der Waals surface area contributed by atoms with E-state index in [0.717, 1.165) is 59.0 Å². The molecule has 1 saturated carbocycles. The van der Waals surface area contributed by atoms with E-state index in [4.69, 9.17) is 0 Å². The minimum Gasteiger partial charge on any atom is -0.378 e. The van der Waals surface area contributed by atoms with E-state index in [1.807, 2.05) is 73.7 Å². The summed E-state index contributed by atoms with van der Waals surface area (Å²) >= 11 is 0. The van der Waals surface area contributed by atoms with Gasteiger partial charge in [0.2, 0.25) is 11.8 Å². The van der Waals surface area contributed by atoms with E-state index in [1.54, 1.807) is 17.0 Å². The molecule has 0 bridgehead atoms. The number of aromatic nitrogens is 1. The number of nitrogens with one attached hydrogen (secondary N) is 2. The number of halogens is 1. The Bertz CT molecular complexity index is 1440. The highest BCUT2D eigenvalue weighted by Crippen LogP contribution is 2.29. The third kappa shape index (κ3) is 6.36. The Morgan fingerprint density at radius 2 is 1.65 bits per heavy atom. The molecule has 1 atom stereocenters. The molecule has 0 radical (unpaired) electrons. The van der Waals surface area contributed by atoms with Crippen LogP contribution in [0.3, 0.4) is 0 Å². The number of carbonyl (C=O) groups is 2. The number of anilines is 1. The van der Waals surface area contributed by atoms with E-state index in [-0.39, 0.29) is 36.6 Å². The number of benzene rings is 3. The van der Waals surface area contributed by atoms with Gasteiger partial charge in [0.05, 0.1) is 6.42 Å². The van der Waals surface area contributed by atoms with Crippen LogP contribution in [0.15, 0.2) is 79.0 Å². The van der Waals surface area contributed by atoms with Crippen LogP contribution < -0.4 is 10.2 Å². The highest BCUT2D eigenvalue weighted by Gasteiger charge is 2.33. The number of fused-ring (bicyclic) bond motifs is 1. The molecule has 2 N–H and O–H groups in total. The molecule has 4 aromatic rings. The molecule has 1 aliphatic rings. The molecular weight excluding hydrogens is 503 g/mol. The van der Waals surface area contributed by atoms with Crippen molar-refractivity contribution in [2.24, 2.45) is 0 Å². The monoisotopic (exact) mass is 540 g/mol. The lowest BCUT2D eigenvalue weighted by molar-refractivity contribution is -0.141. The third-order valence-corrected chi connectivity index (χ3v) is 7.84. The highest BCUT2D eigenvalue weighted by atomic mass is 19.1. The fourth-order valence-corrected chi connectivity index (χ4v) is 5.61. The van der Waals surface area contributed by atoms with Gasteiger partial charge < -0.3 is 20.1 Å². The SMILES string of the molecule is CN(C)c1ccc(C(C(=O)NC2CCCCC2)N(Cc2ccc(F)cc2)C(=O)Cc2c[nH]c3ccccc23)cc1. The first kappa shape index (κ1) is 27.4. The van der Waals surface area contributed by atoms with E-state index in [9.17, 15) is 14.0 Å². The van der Waals surface area contributed by atoms with Crippen LogP contribution in [0.1, 0.15) is 54.8 Å². The highest BCUT2D eigenvalue weighted by molar-refractivity contribution is 5.92. The standard InChI is InChI=1S/C33H37FN4O2/c1-37(2)28-18-14-24(15-19-28)32(33(40)36-27-8-4-3-5-9-27)38(22-23-12-16-26(34)17-13-23)31(39)20-25-21-35-30-11-7-6-10-29(25)30/h6-7,10-19,21,27,32,35H,3-5,8-9,20,22H2,1-2H3,(H,36,40). The van der Waals surface area contributed by atoms with Crippen LogP contribution in [0.2, 0.25) is 0 Å². The molecule has 7 heteroatoms. The first-order valence-electron chi connectivity index (χ1n) is 14.1. The van der Waals surface area contributed by atoms with Crippen molar-refractivity contribution in [3.8, 4) is 0 Å². The van der Waals surface area contributed by atoms with Crippen molar-refractivity contribution in [3.63, 3.8) is 0 Å². The minimum atomic E-state index is -0.833. The summed E-state index contributed by atoms with van der Waals surface area (Å²) in [4.78, 5) is 35.1. The summed E-state index contributed by atoms with van der Waals surface area (Å²) in [5, 5.41) is 4.25. The first-order chi connectivity index (χ1) is 19.4. The molecule has 2 amide bonds. The number of H-pyrrole nitrogens is 1. The van der Waals surface area contributed by atoms with Gasteiger partial charge in [-0.05, 0) is 59.9 Å². The maximum Gasteiger partial charge on any atom is 0.247 e. The number of hydrogen-bond acceptors (Lipinski definition) is 3. The second-order valence-corrected chi connectivity index (χ2v) is 10.9. The normalized spacial score (nSPS) is 14.6. The van der Waals surface area contributed by atoms with Gasteiger partial charge in [0.25, 0.3) is 0 Å². The molecular formula is C33H37FN4O2. The van der Waals surface area contributed by atoms with Gasteiger partial charge in [0.1, 0.15) is 11.9 Å². The van der Waals surface area contributed by atoms with Crippen LogP contribution in [0.5, 0.6) is 0 Å². The van der Waals surface area contributed by atoms with Gasteiger partial charge in [-0.15, -0.1) is 0 Å². The van der Waals surface area contributed by atoms with Crippen molar-refractivity contribution in [1.82, 2.24) is 15.2 Å². The number of aromatic amines is 1. The Kier molecular flexibility index (Phi) is 8.48. The number of hydrogen-bond donors (Lipinski definition) is 2. The van der Waals surface area contributed by atoms with E-state index >= 15 is 0 Å². The Hall–Kier alpha value is -4.13. The second-order valence-electron chi connectivity index (χ2n) is 10.9. The molecule has 40 heavy (non-hydrogen) atoms. The molecule has 1 aromatic heterocycles. The van der Waals surface area contributed by atoms with Crippen molar-refractivity contribution in [2.45, 2.75) is 57.2 Å². The maximum absolute atomic E-state index is 14.2. The summed E-state index contributed by atoms with van der Waals surface area (Å²) in [6, 6.07) is 21.1. The molecule has 0 aliphatic heterocycles. The molecule has 6 nitrogen and oxygen atoms in total. The predicted molar refractivity (Wildman–Crippen MR) is 157 cm³/mol. The van der Waals surface area contributed by atoms with Gasteiger partial charge in [0.15, 0.2) is 0 Å². The summed E-state index contributed by atoms with van der Waals surface area (Å²) in [6.45, 7) is 0.180. The van der Waals surface area contributed by atoms with Gasteiger partial charge >= 0.3 is 0 Å². The van der Waals surface area contributed by atoms with Crippen LogP contribution in [-0.4, -0.2) is 41.8 Å². The van der Waals surface area contributed by atoms with E-state index in [2.05, 4.69) is 10.3 Å². The Labute approximate surface area is 235 Å². The molecule has 208 valence electrons. The number of amides is 2. The minimum absolute atomic E-state index is 0.0983. The van der Waals surface area contributed by atoms with Crippen LogP contribution in [-0.2, 0) is 22.6 Å². The molecule has 1 heterocycles. The average molecular weight is 541 g/mol. The Balaban J connectivity index is 1.52. The first-order valence-corrected chi connectivity index (χ1v) is 14.1. The molecule has 5 rings (SSSR count). The number of para-hydroxylation sites is 1. The van der Waals surface area contributed by atoms with Gasteiger partial charge in [-0.25, -0.2) is 4.39 Å². The Morgan fingerprint density at radius 3 is 2.35 bits per heavy atom. The lowest BCUT2D eigenvalue weighted by atomic mass is 9.94. The zero-order valence-corrected chi connectivity index (χ0v) is 23.2. The van der Waals surface area contributed by atoms with Crippen molar-refractivity contribution in [3.05, 3.63) is 102 Å². The van der Waals surface area contributed by atoms with Crippen molar-refractivity contribution in [2.75, 3.05) is 19.0 Å². The van der Waals surface area contributed by atoms with E-state index in [1.165, 1.54) is 18.6 Å². The predicted octanol–water partition coefficient (Wildman–Crippen LogP) is 6.13. The zero-order valence-electron chi connectivity index (χ0n) is 23.2. The van der Waals surface area contributed by atoms with Crippen molar-refractivity contribution in [1.29, 1.82) is 0 Å². The van der Waals surface area contributed by atoms with Crippen LogP contribution in [0, 0.1) is 5.82 Å². The van der Waals surface area contributed by atoms with Crippen LogP contribution in [0.4, 0.5) is 10.1 Å². The lowest BCUT2D eigenvalue weighted by Crippen LogP contribution is -2.47. The molecule has 3 aromatic carbocycles. The number of rotatable bonds is 9. The van der Waals surface area contributed by atoms with Crippen LogP contribution >= 0.6 is 0 Å². The van der Waals surface area contributed by atoms with E-state index < -0.39 is 6.04 Å². The third-order valence-electron chi connectivity index (χ3n) is 7.84. The topological polar surface area (TPSA) is 68.4 Å². The number of nitrogens with zero attached hydrogens (tertiary/aromatic N) is 2. The summed E-state index contributed by atoms with van der Waals surface area (Å²) < 4.78 is 13.7. The average Bonchev–Trinajstić information content (AvgIpc) is 3.37. The maximum atomic E-state index is 14.2. The summed E-state index contributed by atoms with van der Waals surface area (Å²) in [5.74, 6) is -0.695. The summed E-state index contributed by atoms with van der Waals surface area (Å²) in [7, 11) is 3.93. The largest absolute Gasteiger partial charge is 0.378 e. The molecule has 1 fully saturated rings. The zero-order chi connectivity index (χ0) is 28.1. The smallest absolute Gasteiger partial charge is 0.247 e. The van der Waals surface area contributed by atoms with Gasteiger partial charge in [-0.3, -0.25) is 9.59 Å². The van der Waals surface area contributed by atoms with E-state index in [0.29, 0.717) is 0 Å². The fourth-order valence-electron chi connectivity index (χ4n) is 5.61. The number of carbonyl (C=O) groups excluding carboxylic acids is 2. The quantitative estimate of drug-likeness (QED) is 0.268. The van der Waals surface area contributed by atoms with Gasteiger partial charge in [-0.2, -0.15) is 0 Å². The fraction of sp³-hybridized carbons (Fsp3) is 0.333. The lowest BCUT2D eigenvalue weighted by Gasteiger charge is -2.34. The molecule has 0 spiro atoms. The summed E-state index contributed by atoms with van der Waals surface area (Å²) in [5.41, 5.74) is 4.34.